The van der Waals surface area contributed by atoms with Crippen molar-refractivity contribution in [2.45, 2.75) is 32.4 Å². The standard InChI is InChI=1S/C22H23ClN2O4/c1-15(17-8-10-19(23)11-9-17)24-20(26)14-29-22(28)18-6-4-16(5-7-18)13-25-12-2-3-21(25)27/h4-11,15H,2-3,12-14H2,1H3,(H,24,26)/t15-/m1/s1. The van der Waals surface area contributed by atoms with Gasteiger partial charge in [0.1, 0.15) is 0 Å². The van der Waals surface area contributed by atoms with Crippen molar-refractivity contribution in [2.24, 2.45) is 0 Å². The Balaban J connectivity index is 1.46. The van der Waals surface area contributed by atoms with E-state index in [4.69, 9.17) is 16.3 Å². The van der Waals surface area contributed by atoms with Crippen LogP contribution in [-0.4, -0.2) is 35.8 Å². The molecule has 7 heteroatoms. The Morgan fingerprint density at radius 3 is 2.45 bits per heavy atom. The van der Waals surface area contributed by atoms with Crippen LogP contribution in [0, 0.1) is 0 Å². The van der Waals surface area contributed by atoms with Crippen LogP contribution in [0.2, 0.25) is 5.02 Å². The van der Waals surface area contributed by atoms with E-state index in [2.05, 4.69) is 5.32 Å². The van der Waals surface area contributed by atoms with Gasteiger partial charge in [0, 0.05) is 24.5 Å². The number of nitrogens with one attached hydrogen (secondary N) is 1. The first-order chi connectivity index (χ1) is 13.9. The first kappa shape index (κ1) is 20.9. The Labute approximate surface area is 174 Å². The summed E-state index contributed by atoms with van der Waals surface area (Å²) >= 11 is 5.86. The van der Waals surface area contributed by atoms with Gasteiger partial charge in [-0.25, -0.2) is 4.79 Å². The molecule has 2 aromatic rings. The van der Waals surface area contributed by atoms with Crippen LogP contribution in [0.5, 0.6) is 0 Å². The number of carbonyl (C=O) groups is 3. The summed E-state index contributed by atoms with van der Waals surface area (Å²) in [6.07, 6.45) is 1.49. The maximum Gasteiger partial charge on any atom is 0.338 e. The normalized spacial score (nSPS) is 14.6. The molecular formula is C22H23ClN2O4. The minimum Gasteiger partial charge on any atom is -0.452 e. The summed E-state index contributed by atoms with van der Waals surface area (Å²) in [5, 5.41) is 3.40. The number of likely N-dealkylation sites (tertiary alicyclic amines) is 1. The summed E-state index contributed by atoms with van der Waals surface area (Å²) in [7, 11) is 0. The maximum absolute atomic E-state index is 12.2. The van der Waals surface area contributed by atoms with E-state index < -0.39 is 5.97 Å². The highest BCUT2D eigenvalue weighted by Gasteiger charge is 2.20. The van der Waals surface area contributed by atoms with Crippen molar-refractivity contribution in [1.29, 1.82) is 0 Å². The summed E-state index contributed by atoms with van der Waals surface area (Å²) < 4.78 is 5.10. The summed E-state index contributed by atoms with van der Waals surface area (Å²) in [4.78, 5) is 37.7. The second kappa shape index (κ2) is 9.56. The summed E-state index contributed by atoms with van der Waals surface area (Å²) in [6, 6.07) is 13.8. The van der Waals surface area contributed by atoms with Gasteiger partial charge in [-0.05, 0) is 48.7 Å². The van der Waals surface area contributed by atoms with Crippen LogP contribution >= 0.6 is 11.6 Å². The lowest BCUT2D eigenvalue weighted by atomic mass is 10.1. The van der Waals surface area contributed by atoms with E-state index in [1.165, 1.54) is 0 Å². The lowest BCUT2D eigenvalue weighted by molar-refractivity contribution is -0.128. The molecule has 1 fully saturated rings. The van der Waals surface area contributed by atoms with Gasteiger partial charge in [-0.15, -0.1) is 0 Å². The quantitative estimate of drug-likeness (QED) is 0.703. The average molecular weight is 415 g/mol. The third kappa shape index (κ3) is 5.81. The Morgan fingerprint density at radius 1 is 1.14 bits per heavy atom. The number of hydrogen-bond acceptors (Lipinski definition) is 4. The van der Waals surface area contributed by atoms with Crippen molar-refractivity contribution in [3.8, 4) is 0 Å². The molecule has 0 radical (unpaired) electrons. The zero-order chi connectivity index (χ0) is 20.8. The minimum atomic E-state index is -0.567. The van der Waals surface area contributed by atoms with E-state index in [0.29, 0.717) is 23.6 Å². The fourth-order valence-corrected chi connectivity index (χ4v) is 3.30. The Bertz CT molecular complexity index is 881. The fourth-order valence-electron chi connectivity index (χ4n) is 3.17. The van der Waals surface area contributed by atoms with Gasteiger partial charge in [-0.3, -0.25) is 9.59 Å². The molecule has 0 aliphatic carbocycles. The van der Waals surface area contributed by atoms with E-state index in [-0.39, 0.29) is 24.5 Å². The molecule has 152 valence electrons. The molecule has 29 heavy (non-hydrogen) atoms. The SMILES string of the molecule is C[C@@H](NC(=O)COC(=O)c1ccc(CN2CCCC2=O)cc1)c1ccc(Cl)cc1. The van der Waals surface area contributed by atoms with Crippen LogP contribution in [0.4, 0.5) is 0 Å². The summed E-state index contributed by atoms with van der Waals surface area (Å²) in [6.45, 7) is 2.79. The molecule has 1 saturated heterocycles. The van der Waals surface area contributed by atoms with Gasteiger partial charge in [0.15, 0.2) is 6.61 Å². The number of ether oxygens (including phenoxy) is 1. The van der Waals surface area contributed by atoms with Gasteiger partial charge in [0.25, 0.3) is 5.91 Å². The Morgan fingerprint density at radius 2 is 1.83 bits per heavy atom. The van der Waals surface area contributed by atoms with E-state index >= 15 is 0 Å². The van der Waals surface area contributed by atoms with Gasteiger partial charge in [-0.2, -0.15) is 0 Å². The van der Waals surface area contributed by atoms with Gasteiger partial charge in [-0.1, -0.05) is 35.9 Å². The van der Waals surface area contributed by atoms with Gasteiger partial charge < -0.3 is 15.0 Å². The monoisotopic (exact) mass is 414 g/mol. The molecule has 0 unspecified atom stereocenters. The zero-order valence-electron chi connectivity index (χ0n) is 16.2. The third-order valence-electron chi connectivity index (χ3n) is 4.82. The molecule has 0 aromatic heterocycles. The van der Waals surface area contributed by atoms with Crippen LogP contribution in [0.3, 0.4) is 0 Å². The molecule has 2 aromatic carbocycles. The molecule has 1 heterocycles. The van der Waals surface area contributed by atoms with E-state index in [0.717, 1.165) is 24.1 Å². The Kier molecular flexibility index (Phi) is 6.88. The predicted octanol–water partition coefficient (Wildman–Crippen LogP) is 3.50. The molecule has 1 aliphatic heterocycles. The van der Waals surface area contributed by atoms with Crippen molar-refractivity contribution in [3.05, 3.63) is 70.2 Å². The molecule has 0 saturated carbocycles. The first-order valence-electron chi connectivity index (χ1n) is 9.51. The third-order valence-corrected chi connectivity index (χ3v) is 5.07. The van der Waals surface area contributed by atoms with E-state index in [9.17, 15) is 14.4 Å². The maximum atomic E-state index is 12.2. The molecule has 0 spiro atoms. The highest BCUT2D eigenvalue weighted by Crippen LogP contribution is 2.17. The largest absolute Gasteiger partial charge is 0.452 e. The molecule has 0 bridgehead atoms. The molecule has 2 amide bonds. The molecule has 1 aliphatic rings. The number of benzene rings is 2. The van der Waals surface area contributed by atoms with Crippen LogP contribution in [0.25, 0.3) is 0 Å². The second-order valence-corrected chi connectivity index (χ2v) is 7.47. The molecule has 6 nitrogen and oxygen atoms in total. The van der Waals surface area contributed by atoms with Crippen molar-refractivity contribution in [2.75, 3.05) is 13.2 Å². The average Bonchev–Trinajstić information content (AvgIpc) is 3.11. The second-order valence-electron chi connectivity index (χ2n) is 7.03. The number of amides is 2. The van der Waals surface area contributed by atoms with E-state index in [1.807, 2.05) is 19.1 Å². The lowest BCUT2D eigenvalue weighted by Crippen LogP contribution is -2.31. The highest BCUT2D eigenvalue weighted by molar-refractivity contribution is 6.30. The topological polar surface area (TPSA) is 75.7 Å². The van der Waals surface area contributed by atoms with Gasteiger partial charge in [0.2, 0.25) is 5.91 Å². The van der Waals surface area contributed by atoms with Crippen molar-refractivity contribution in [3.63, 3.8) is 0 Å². The zero-order valence-corrected chi connectivity index (χ0v) is 16.9. The smallest absolute Gasteiger partial charge is 0.338 e. The van der Waals surface area contributed by atoms with Gasteiger partial charge in [0.05, 0.1) is 11.6 Å². The number of hydrogen-bond donors (Lipinski definition) is 1. The summed E-state index contributed by atoms with van der Waals surface area (Å²) in [5.74, 6) is -0.791. The molecular weight excluding hydrogens is 392 g/mol. The predicted molar refractivity (Wildman–Crippen MR) is 109 cm³/mol. The Hall–Kier alpha value is -2.86. The fraction of sp³-hybridized carbons (Fsp3) is 0.318. The lowest BCUT2D eigenvalue weighted by Gasteiger charge is -2.16. The van der Waals surface area contributed by atoms with Crippen molar-refractivity contribution >= 4 is 29.4 Å². The molecule has 1 N–H and O–H groups in total. The number of carbonyl (C=O) groups excluding carboxylic acids is 3. The summed E-state index contributed by atoms with van der Waals surface area (Å²) in [5.41, 5.74) is 2.22. The van der Waals surface area contributed by atoms with Gasteiger partial charge >= 0.3 is 5.97 Å². The van der Waals surface area contributed by atoms with Crippen LogP contribution in [-0.2, 0) is 20.9 Å². The molecule has 1 atom stereocenters. The first-order valence-corrected chi connectivity index (χ1v) is 9.89. The van der Waals surface area contributed by atoms with Crippen LogP contribution in [0.15, 0.2) is 48.5 Å². The highest BCUT2D eigenvalue weighted by atomic mass is 35.5. The number of esters is 1. The number of rotatable bonds is 7. The minimum absolute atomic E-state index is 0.160. The number of halogens is 1. The van der Waals surface area contributed by atoms with Crippen molar-refractivity contribution < 1.29 is 19.1 Å². The van der Waals surface area contributed by atoms with Crippen LogP contribution < -0.4 is 5.32 Å². The van der Waals surface area contributed by atoms with E-state index in [1.54, 1.807) is 41.3 Å². The van der Waals surface area contributed by atoms with Crippen molar-refractivity contribution in [1.82, 2.24) is 10.2 Å². The molecule has 3 rings (SSSR count). The number of nitrogens with zero attached hydrogens (tertiary/aromatic N) is 1. The van der Waals surface area contributed by atoms with Crippen LogP contribution in [0.1, 0.15) is 47.3 Å².